The molecule has 0 atom stereocenters. The van der Waals surface area contributed by atoms with E-state index in [0.717, 1.165) is 5.56 Å². The molecular formula is C11H17N3. The Morgan fingerprint density at radius 1 is 1.29 bits per heavy atom. The lowest BCUT2D eigenvalue weighted by Crippen LogP contribution is -2.17. The first-order valence-corrected chi connectivity index (χ1v) is 4.59. The summed E-state index contributed by atoms with van der Waals surface area (Å²) in [5.41, 5.74) is 7.85. The van der Waals surface area contributed by atoms with Crippen molar-refractivity contribution in [2.24, 2.45) is 16.7 Å². The molecule has 0 heterocycles. The van der Waals surface area contributed by atoms with Crippen LogP contribution in [0.15, 0.2) is 29.4 Å². The summed E-state index contributed by atoms with van der Waals surface area (Å²) in [6, 6.07) is 7.97. The van der Waals surface area contributed by atoms with E-state index in [4.69, 9.17) is 11.6 Å². The molecule has 1 aromatic rings. The first-order valence-electron chi connectivity index (χ1n) is 4.59. The van der Waals surface area contributed by atoms with E-state index in [0.29, 0.717) is 5.84 Å². The van der Waals surface area contributed by atoms with E-state index in [9.17, 15) is 0 Å². The molecular weight excluding hydrogens is 174 g/mol. The van der Waals surface area contributed by atoms with Crippen molar-refractivity contribution in [3.8, 4) is 0 Å². The summed E-state index contributed by atoms with van der Waals surface area (Å²) in [5, 5.41) is 3.48. The molecule has 1 aromatic carbocycles. The van der Waals surface area contributed by atoms with Gasteiger partial charge < -0.3 is 11.6 Å². The van der Waals surface area contributed by atoms with Crippen molar-refractivity contribution in [2.75, 3.05) is 0 Å². The summed E-state index contributed by atoms with van der Waals surface area (Å²) in [6.07, 6.45) is 0. The van der Waals surface area contributed by atoms with Gasteiger partial charge in [0, 0.05) is 5.56 Å². The topological polar surface area (TPSA) is 64.4 Å². The molecule has 14 heavy (non-hydrogen) atoms. The third-order valence-corrected chi connectivity index (χ3v) is 2.16. The van der Waals surface area contributed by atoms with Gasteiger partial charge in [0.1, 0.15) is 5.84 Å². The van der Waals surface area contributed by atoms with Crippen molar-refractivity contribution in [1.82, 2.24) is 0 Å². The van der Waals surface area contributed by atoms with Crippen LogP contribution in [0.3, 0.4) is 0 Å². The van der Waals surface area contributed by atoms with Gasteiger partial charge in [-0.2, -0.15) is 5.10 Å². The lowest BCUT2D eigenvalue weighted by atomic mass is 9.86. The highest BCUT2D eigenvalue weighted by atomic mass is 15.1. The van der Waals surface area contributed by atoms with Crippen LogP contribution in [0.2, 0.25) is 0 Å². The molecule has 0 bridgehead atoms. The molecule has 4 N–H and O–H groups in total. The number of hydrazone groups is 1. The van der Waals surface area contributed by atoms with Gasteiger partial charge in [-0.1, -0.05) is 39.0 Å². The van der Waals surface area contributed by atoms with E-state index in [2.05, 4.69) is 31.9 Å². The minimum Gasteiger partial charge on any atom is -0.382 e. The summed E-state index contributed by atoms with van der Waals surface area (Å²) >= 11 is 0. The van der Waals surface area contributed by atoms with Crippen LogP contribution >= 0.6 is 0 Å². The molecule has 0 fully saturated rings. The number of amidine groups is 1. The van der Waals surface area contributed by atoms with Crippen LogP contribution in [0.4, 0.5) is 0 Å². The first-order chi connectivity index (χ1) is 6.45. The summed E-state index contributed by atoms with van der Waals surface area (Å²) in [4.78, 5) is 0. The van der Waals surface area contributed by atoms with E-state index < -0.39 is 0 Å². The van der Waals surface area contributed by atoms with E-state index >= 15 is 0 Å². The van der Waals surface area contributed by atoms with Gasteiger partial charge in [-0.05, 0) is 17.0 Å². The number of hydrogen-bond donors (Lipinski definition) is 2. The van der Waals surface area contributed by atoms with Crippen molar-refractivity contribution in [2.45, 2.75) is 26.2 Å². The number of nitrogens with two attached hydrogens (primary N) is 2. The highest BCUT2D eigenvalue weighted by Gasteiger charge is 2.13. The van der Waals surface area contributed by atoms with Gasteiger partial charge >= 0.3 is 0 Å². The van der Waals surface area contributed by atoms with E-state index in [1.54, 1.807) is 0 Å². The molecule has 3 heteroatoms. The van der Waals surface area contributed by atoms with Crippen molar-refractivity contribution < 1.29 is 0 Å². The summed E-state index contributed by atoms with van der Waals surface area (Å²) in [5.74, 6) is 5.50. The fourth-order valence-corrected chi connectivity index (χ4v) is 1.22. The monoisotopic (exact) mass is 191 g/mol. The molecule has 0 amide bonds. The molecule has 3 nitrogen and oxygen atoms in total. The zero-order chi connectivity index (χ0) is 10.8. The Bertz CT molecular complexity index is 348. The fourth-order valence-electron chi connectivity index (χ4n) is 1.22. The highest BCUT2D eigenvalue weighted by Crippen LogP contribution is 2.22. The molecule has 0 spiro atoms. The fraction of sp³-hybridized carbons (Fsp3) is 0.364. The molecule has 1 rings (SSSR count). The number of hydrogen-bond acceptors (Lipinski definition) is 2. The predicted octanol–water partition coefficient (Wildman–Crippen LogP) is 1.56. The second kappa shape index (κ2) is 3.70. The smallest absolute Gasteiger partial charge is 0.150 e. The van der Waals surface area contributed by atoms with Crippen molar-refractivity contribution in [3.05, 3.63) is 35.4 Å². The Morgan fingerprint density at radius 2 is 1.93 bits per heavy atom. The second-order valence-electron chi connectivity index (χ2n) is 4.35. The first kappa shape index (κ1) is 10.6. The Labute approximate surface area is 84.8 Å². The Balaban J connectivity index is 3.14. The maximum atomic E-state index is 5.63. The van der Waals surface area contributed by atoms with Gasteiger partial charge in [-0.3, -0.25) is 0 Å². The maximum absolute atomic E-state index is 5.63. The average molecular weight is 191 g/mol. The maximum Gasteiger partial charge on any atom is 0.150 e. The molecule has 0 aliphatic heterocycles. The minimum atomic E-state index is 0.116. The standard InChI is InChI=1S/C11H17N3/c1-11(2,3)9-6-4-5-8(7-9)10(12)14-13/h4-7H,13H2,1-3H3,(H2,12,14). The zero-order valence-electron chi connectivity index (χ0n) is 8.91. The van der Waals surface area contributed by atoms with Crippen molar-refractivity contribution in [1.29, 1.82) is 0 Å². The SMILES string of the molecule is CC(C)(C)c1cccc(/C(N)=N/N)c1. The van der Waals surface area contributed by atoms with Crippen LogP contribution in [0.25, 0.3) is 0 Å². The largest absolute Gasteiger partial charge is 0.382 e. The molecule has 0 saturated carbocycles. The number of rotatable bonds is 1. The quantitative estimate of drug-likeness (QED) is 0.306. The van der Waals surface area contributed by atoms with Gasteiger partial charge in [0.2, 0.25) is 0 Å². The molecule has 0 aliphatic rings. The van der Waals surface area contributed by atoms with Gasteiger partial charge in [0.15, 0.2) is 0 Å². The van der Waals surface area contributed by atoms with Crippen LogP contribution in [0.1, 0.15) is 31.9 Å². The normalized spacial score (nSPS) is 12.9. The van der Waals surface area contributed by atoms with E-state index in [1.165, 1.54) is 5.56 Å². The van der Waals surface area contributed by atoms with Crippen LogP contribution in [-0.4, -0.2) is 5.84 Å². The Kier molecular flexibility index (Phi) is 2.79. The third kappa shape index (κ3) is 2.25. The van der Waals surface area contributed by atoms with Gasteiger partial charge in [0.05, 0.1) is 0 Å². The molecule has 0 radical (unpaired) electrons. The molecule has 0 saturated heterocycles. The lowest BCUT2D eigenvalue weighted by molar-refractivity contribution is 0.590. The average Bonchev–Trinajstić information content (AvgIpc) is 2.15. The molecule has 0 aromatic heterocycles. The van der Waals surface area contributed by atoms with E-state index in [1.807, 2.05) is 18.2 Å². The van der Waals surface area contributed by atoms with Crippen LogP contribution in [0, 0.1) is 0 Å². The Hall–Kier alpha value is -1.51. The van der Waals surface area contributed by atoms with Crippen LogP contribution < -0.4 is 11.6 Å². The van der Waals surface area contributed by atoms with Crippen LogP contribution in [0.5, 0.6) is 0 Å². The van der Waals surface area contributed by atoms with Gasteiger partial charge in [-0.15, -0.1) is 0 Å². The molecule has 0 unspecified atom stereocenters. The van der Waals surface area contributed by atoms with E-state index in [-0.39, 0.29) is 5.41 Å². The summed E-state index contributed by atoms with van der Waals surface area (Å²) < 4.78 is 0. The Morgan fingerprint density at radius 3 is 2.43 bits per heavy atom. The number of benzene rings is 1. The molecule has 0 aliphatic carbocycles. The zero-order valence-corrected chi connectivity index (χ0v) is 8.91. The van der Waals surface area contributed by atoms with Gasteiger partial charge in [-0.25, -0.2) is 0 Å². The third-order valence-electron chi connectivity index (χ3n) is 2.16. The highest BCUT2D eigenvalue weighted by molar-refractivity contribution is 5.97. The minimum absolute atomic E-state index is 0.116. The molecule has 76 valence electrons. The predicted molar refractivity (Wildman–Crippen MR) is 60.1 cm³/mol. The lowest BCUT2D eigenvalue weighted by Gasteiger charge is -2.19. The van der Waals surface area contributed by atoms with Crippen molar-refractivity contribution >= 4 is 5.84 Å². The summed E-state index contributed by atoms with van der Waals surface area (Å²) in [7, 11) is 0. The second-order valence-corrected chi connectivity index (χ2v) is 4.35. The van der Waals surface area contributed by atoms with Gasteiger partial charge in [0.25, 0.3) is 0 Å². The number of nitrogens with zero attached hydrogens (tertiary/aromatic N) is 1. The van der Waals surface area contributed by atoms with Crippen molar-refractivity contribution in [3.63, 3.8) is 0 Å². The van der Waals surface area contributed by atoms with Crippen LogP contribution in [-0.2, 0) is 5.41 Å². The summed E-state index contributed by atoms with van der Waals surface area (Å²) in [6.45, 7) is 6.46.